The third-order valence-electron chi connectivity index (χ3n) is 5.96. The number of rotatable bonds is 4. The molecule has 0 saturated carbocycles. The lowest BCUT2D eigenvalue weighted by atomic mass is 9.87. The van der Waals surface area contributed by atoms with Gasteiger partial charge in [-0.15, -0.1) is 11.3 Å². The quantitative estimate of drug-likeness (QED) is 0.647. The summed E-state index contributed by atoms with van der Waals surface area (Å²) in [5.74, 6) is 1.13. The maximum absolute atomic E-state index is 5.16. The van der Waals surface area contributed by atoms with Crippen LogP contribution in [0, 0.1) is 0 Å². The van der Waals surface area contributed by atoms with Crippen molar-refractivity contribution in [3.05, 3.63) is 23.1 Å². The van der Waals surface area contributed by atoms with E-state index in [9.17, 15) is 0 Å². The highest BCUT2D eigenvalue weighted by molar-refractivity contribution is 7.26. The molecule has 3 aromatic heterocycles. The predicted molar refractivity (Wildman–Crippen MR) is 109 cm³/mol. The number of nitrogens with zero attached hydrogens (tertiary/aromatic N) is 4. The van der Waals surface area contributed by atoms with Gasteiger partial charge in [-0.1, -0.05) is 13.3 Å². The largest absolute Gasteiger partial charge is 0.355 e. The highest BCUT2D eigenvalue weighted by Crippen LogP contribution is 2.42. The lowest BCUT2D eigenvalue weighted by Gasteiger charge is -2.20. The van der Waals surface area contributed by atoms with Crippen LogP contribution in [0.15, 0.2) is 6.33 Å². The van der Waals surface area contributed by atoms with Crippen LogP contribution in [0.1, 0.15) is 62.3 Å². The molecule has 26 heavy (non-hydrogen) atoms. The summed E-state index contributed by atoms with van der Waals surface area (Å²) in [5.41, 5.74) is 5.59. The molecule has 1 aliphatic heterocycles. The molecule has 0 N–H and O–H groups in total. The molecule has 1 saturated heterocycles. The molecule has 136 valence electrons. The second-order valence-corrected chi connectivity index (χ2v) is 8.68. The lowest BCUT2D eigenvalue weighted by molar-refractivity contribution is 0.670. The van der Waals surface area contributed by atoms with E-state index in [4.69, 9.17) is 9.97 Å². The first kappa shape index (κ1) is 16.4. The molecule has 3 aromatic rings. The van der Waals surface area contributed by atoms with Crippen LogP contribution in [0.25, 0.3) is 20.4 Å². The van der Waals surface area contributed by atoms with Crippen molar-refractivity contribution < 1.29 is 0 Å². The molecule has 0 spiro atoms. The van der Waals surface area contributed by atoms with Crippen LogP contribution in [-0.2, 0) is 19.3 Å². The smallest absolute Gasteiger partial charge is 0.150 e. The Balaban J connectivity index is 1.75. The van der Waals surface area contributed by atoms with Crippen molar-refractivity contribution >= 4 is 37.6 Å². The standard InChI is InChI=1S/C21H26N4S/c1-2-3-10-16-14-8-4-5-9-15(14)17-18-19(26-21(17)24-16)20(23-13-22-18)25-11-6-7-12-25/h13H,2-12H2,1H3. The highest BCUT2D eigenvalue weighted by atomic mass is 32.1. The van der Waals surface area contributed by atoms with Crippen molar-refractivity contribution in [1.29, 1.82) is 0 Å². The monoisotopic (exact) mass is 366 g/mol. The molecule has 5 rings (SSSR count). The van der Waals surface area contributed by atoms with Crippen LogP contribution >= 0.6 is 11.3 Å². The average Bonchev–Trinajstić information content (AvgIpc) is 3.33. The number of pyridine rings is 1. The lowest BCUT2D eigenvalue weighted by Crippen LogP contribution is -2.19. The molecule has 1 fully saturated rings. The Morgan fingerprint density at radius 3 is 2.65 bits per heavy atom. The van der Waals surface area contributed by atoms with Gasteiger partial charge in [0, 0.05) is 24.2 Å². The summed E-state index contributed by atoms with van der Waals surface area (Å²) in [4.78, 5) is 18.2. The van der Waals surface area contributed by atoms with Gasteiger partial charge in [0.15, 0.2) is 0 Å². The van der Waals surface area contributed by atoms with E-state index in [1.165, 1.54) is 72.0 Å². The van der Waals surface area contributed by atoms with E-state index in [0.717, 1.165) is 30.8 Å². The molecule has 4 nitrogen and oxygen atoms in total. The SMILES string of the molecule is CCCCc1nc2sc3c(N4CCCC4)ncnc3c2c2c1CCCC2. The summed E-state index contributed by atoms with van der Waals surface area (Å²) in [6.07, 6.45) is 12.9. The van der Waals surface area contributed by atoms with Gasteiger partial charge in [0.25, 0.3) is 0 Å². The highest BCUT2D eigenvalue weighted by Gasteiger charge is 2.24. The van der Waals surface area contributed by atoms with Gasteiger partial charge in [0.05, 0.1) is 10.2 Å². The Hall–Kier alpha value is -1.75. The molecule has 0 unspecified atom stereocenters. The zero-order chi connectivity index (χ0) is 17.5. The minimum atomic E-state index is 1.12. The van der Waals surface area contributed by atoms with Crippen molar-refractivity contribution in [2.45, 2.75) is 64.7 Å². The van der Waals surface area contributed by atoms with Gasteiger partial charge in [-0.3, -0.25) is 0 Å². The minimum Gasteiger partial charge on any atom is -0.355 e. The molecular formula is C21H26N4S. The van der Waals surface area contributed by atoms with Crippen LogP contribution in [-0.4, -0.2) is 28.0 Å². The van der Waals surface area contributed by atoms with Crippen LogP contribution in [0.3, 0.4) is 0 Å². The molecule has 0 amide bonds. The van der Waals surface area contributed by atoms with Crippen molar-refractivity contribution in [1.82, 2.24) is 15.0 Å². The molecule has 0 atom stereocenters. The van der Waals surface area contributed by atoms with Gasteiger partial charge in [-0.05, 0) is 62.5 Å². The van der Waals surface area contributed by atoms with Gasteiger partial charge < -0.3 is 4.90 Å². The van der Waals surface area contributed by atoms with E-state index >= 15 is 0 Å². The number of fused-ring (bicyclic) bond motifs is 5. The van der Waals surface area contributed by atoms with Crippen molar-refractivity contribution in [3.8, 4) is 0 Å². The van der Waals surface area contributed by atoms with Crippen LogP contribution < -0.4 is 4.90 Å². The number of thiophene rings is 1. The summed E-state index contributed by atoms with van der Waals surface area (Å²) in [6.45, 7) is 4.50. The number of hydrogen-bond donors (Lipinski definition) is 0. The Labute approximate surface area is 158 Å². The van der Waals surface area contributed by atoms with Crippen LogP contribution in [0.4, 0.5) is 5.82 Å². The van der Waals surface area contributed by atoms with E-state index < -0.39 is 0 Å². The number of hydrogen-bond acceptors (Lipinski definition) is 5. The Morgan fingerprint density at radius 1 is 1.04 bits per heavy atom. The maximum Gasteiger partial charge on any atom is 0.150 e. The summed E-state index contributed by atoms with van der Waals surface area (Å²) >= 11 is 1.82. The summed E-state index contributed by atoms with van der Waals surface area (Å²) < 4.78 is 1.25. The Morgan fingerprint density at radius 2 is 1.85 bits per heavy atom. The number of aromatic nitrogens is 3. The first-order valence-electron chi connectivity index (χ1n) is 10.2. The zero-order valence-corrected chi connectivity index (χ0v) is 16.4. The van der Waals surface area contributed by atoms with Gasteiger partial charge in [-0.25, -0.2) is 15.0 Å². The minimum absolute atomic E-state index is 1.12. The molecule has 5 heteroatoms. The van der Waals surface area contributed by atoms with Crippen molar-refractivity contribution in [2.75, 3.05) is 18.0 Å². The summed E-state index contributed by atoms with van der Waals surface area (Å²) in [5, 5.41) is 1.34. The van der Waals surface area contributed by atoms with Crippen molar-refractivity contribution in [3.63, 3.8) is 0 Å². The molecule has 0 radical (unpaired) electrons. The fraction of sp³-hybridized carbons (Fsp3) is 0.571. The molecule has 0 bridgehead atoms. The number of anilines is 1. The van der Waals surface area contributed by atoms with Crippen LogP contribution in [0.5, 0.6) is 0 Å². The third kappa shape index (κ3) is 2.59. The predicted octanol–water partition coefficient (Wildman–Crippen LogP) is 5.06. The summed E-state index contributed by atoms with van der Waals surface area (Å²) in [7, 11) is 0. The summed E-state index contributed by atoms with van der Waals surface area (Å²) in [6, 6.07) is 0. The van der Waals surface area contributed by atoms with Crippen LogP contribution in [0.2, 0.25) is 0 Å². The zero-order valence-electron chi connectivity index (χ0n) is 15.6. The molecule has 1 aliphatic carbocycles. The van der Waals surface area contributed by atoms with Crippen molar-refractivity contribution in [2.24, 2.45) is 0 Å². The molecular weight excluding hydrogens is 340 g/mol. The Kier molecular flexibility index (Phi) is 4.27. The van der Waals surface area contributed by atoms with Gasteiger partial charge >= 0.3 is 0 Å². The Bertz CT molecular complexity index is 956. The molecule has 2 aliphatic rings. The van der Waals surface area contributed by atoms with Gasteiger partial charge in [0.2, 0.25) is 0 Å². The van der Waals surface area contributed by atoms with Gasteiger partial charge in [-0.2, -0.15) is 0 Å². The topological polar surface area (TPSA) is 41.9 Å². The second-order valence-electron chi connectivity index (χ2n) is 7.68. The average molecular weight is 367 g/mol. The first-order valence-corrected chi connectivity index (χ1v) is 11.0. The maximum atomic E-state index is 5.16. The normalized spacial score (nSPS) is 17.3. The fourth-order valence-electron chi connectivity index (χ4n) is 4.63. The van der Waals surface area contributed by atoms with E-state index in [1.54, 1.807) is 17.5 Å². The number of unbranched alkanes of at least 4 members (excludes halogenated alkanes) is 1. The molecule has 0 aromatic carbocycles. The molecule has 4 heterocycles. The number of aryl methyl sites for hydroxylation is 2. The van der Waals surface area contributed by atoms with E-state index in [-0.39, 0.29) is 0 Å². The van der Waals surface area contributed by atoms with E-state index in [0.29, 0.717) is 0 Å². The third-order valence-corrected chi connectivity index (χ3v) is 7.03. The first-order chi connectivity index (χ1) is 12.9. The second kappa shape index (κ2) is 6.76. The van der Waals surface area contributed by atoms with Gasteiger partial charge in [0.1, 0.15) is 17.0 Å². The fourth-order valence-corrected chi connectivity index (χ4v) is 5.83. The van der Waals surface area contributed by atoms with E-state index in [1.807, 2.05) is 11.3 Å². The van der Waals surface area contributed by atoms with E-state index in [2.05, 4.69) is 16.8 Å².